The van der Waals surface area contributed by atoms with Gasteiger partial charge >= 0.3 is 0 Å². The van der Waals surface area contributed by atoms with Crippen molar-refractivity contribution in [2.45, 2.75) is 33.1 Å². The van der Waals surface area contributed by atoms with Gasteiger partial charge in [0.15, 0.2) is 0 Å². The molecule has 1 heterocycles. The molecule has 1 aliphatic rings. The number of benzene rings is 1. The number of hydrogen-bond donors (Lipinski definition) is 0. The van der Waals surface area contributed by atoms with Crippen LogP contribution in [0.4, 0.5) is 5.69 Å². The van der Waals surface area contributed by atoms with Crippen molar-refractivity contribution >= 4 is 11.6 Å². The first-order chi connectivity index (χ1) is 7.09. The van der Waals surface area contributed by atoms with Crippen molar-refractivity contribution in [1.82, 2.24) is 0 Å². The third-order valence-corrected chi connectivity index (χ3v) is 3.05. The Kier molecular flexibility index (Phi) is 2.51. The molecular formula is C13H17NO. The van der Waals surface area contributed by atoms with Gasteiger partial charge in [0.1, 0.15) is 0 Å². The normalized spacial score (nSPS) is 14.5. The van der Waals surface area contributed by atoms with Crippen molar-refractivity contribution in [3.8, 4) is 0 Å². The minimum Gasteiger partial charge on any atom is -0.312 e. The van der Waals surface area contributed by atoms with E-state index in [4.69, 9.17) is 0 Å². The molecule has 0 saturated carbocycles. The zero-order chi connectivity index (χ0) is 11.0. The van der Waals surface area contributed by atoms with E-state index in [-0.39, 0.29) is 5.91 Å². The second-order valence-electron chi connectivity index (χ2n) is 4.46. The molecule has 1 aromatic rings. The zero-order valence-electron chi connectivity index (χ0n) is 9.58. The average molecular weight is 203 g/mol. The first-order valence-corrected chi connectivity index (χ1v) is 5.50. The first kappa shape index (κ1) is 10.2. The number of hydrogen-bond acceptors (Lipinski definition) is 1. The Balaban J connectivity index is 2.42. The molecule has 0 aromatic heterocycles. The number of fused-ring (bicyclic) bond motifs is 1. The highest BCUT2D eigenvalue weighted by molar-refractivity contribution is 5.93. The van der Waals surface area contributed by atoms with Crippen LogP contribution in [0.3, 0.4) is 0 Å². The second-order valence-corrected chi connectivity index (χ2v) is 4.46. The van der Waals surface area contributed by atoms with Gasteiger partial charge in [-0.2, -0.15) is 0 Å². The summed E-state index contributed by atoms with van der Waals surface area (Å²) in [4.78, 5) is 13.3. The van der Waals surface area contributed by atoms with Gasteiger partial charge in [-0.15, -0.1) is 0 Å². The van der Waals surface area contributed by atoms with E-state index in [9.17, 15) is 4.79 Å². The maximum atomic E-state index is 11.4. The molecule has 0 N–H and O–H groups in total. The lowest BCUT2D eigenvalue weighted by molar-refractivity contribution is -0.116. The van der Waals surface area contributed by atoms with E-state index in [1.165, 1.54) is 11.1 Å². The van der Waals surface area contributed by atoms with Gasteiger partial charge in [0.25, 0.3) is 0 Å². The van der Waals surface area contributed by atoms with Gasteiger partial charge < -0.3 is 4.90 Å². The Labute approximate surface area is 90.9 Å². The predicted molar refractivity (Wildman–Crippen MR) is 62.3 cm³/mol. The fourth-order valence-electron chi connectivity index (χ4n) is 2.08. The molecule has 1 amide bonds. The van der Waals surface area contributed by atoms with E-state index in [1.807, 2.05) is 4.90 Å². The number of nitrogens with zero attached hydrogens (tertiary/aromatic N) is 1. The predicted octanol–water partition coefficient (Wildman–Crippen LogP) is 2.72. The Hall–Kier alpha value is -1.31. The Bertz CT molecular complexity index is 396. The van der Waals surface area contributed by atoms with Crippen LogP contribution in [0.1, 0.15) is 37.8 Å². The van der Waals surface area contributed by atoms with Crippen molar-refractivity contribution < 1.29 is 4.79 Å². The highest BCUT2D eigenvalue weighted by Crippen LogP contribution is 2.31. The molecule has 1 aliphatic heterocycles. The Morgan fingerprint density at radius 2 is 2.13 bits per heavy atom. The van der Waals surface area contributed by atoms with Crippen molar-refractivity contribution in [3.05, 3.63) is 29.3 Å². The molecule has 0 radical (unpaired) electrons. The summed E-state index contributed by atoms with van der Waals surface area (Å²) in [5.41, 5.74) is 3.73. The van der Waals surface area contributed by atoms with Gasteiger partial charge in [-0.05, 0) is 29.5 Å². The van der Waals surface area contributed by atoms with E-state index in [0.29, 0.717) is 5.92 Å². The molecule has 0 bridgehead atoms. The summed E-state index contributed by atoms with van der Waals surface area (Å²) in [6, 6.07) is 6.50. The molecular weight excluding hydrogens is 186 g/mol. The van der Waals surface area contributed by atoms with Crippen molar-refractivity contribution in [2.75, 3.05) is 11.4 Å². The lowest BCUT2D eigenvalue weighted by atomic mass is 10.0. The lowest BCUT2D eigenvalue weighted by Gasteiger charge is -2.16. The Morgan fingerprint density at radius 3 is 2.73 bits per heavy atom. The van der Waals surface area contributed by atoms with Crippen LogP contribution >= 0.6 is 0 Å². The molecule has 0 unspecified atom stereocenters. The fraction of sp³-hybridized carbons (Fsp3) is 0.462. The van der Waals surface area contributed by atoms with Gasteiger partial charge in [-0.25, -0.2) is 0 Å². The molecule has 0 saturated heterocycles. The van der Waals surface area contributed by atoms with Crippen molar-refractivity contribution in [2.24, 2.45) is 0 Å². The fourth-order valence-corrected chi connectivity index (χ4v) is 2.08. The van der Waals surface area contributed by atoms with Gasteiger partial charge in [-0.3, -0.25) is 4.79 Å². The number of carbonyl (C=O) groups excluding carboxylic acids is 1. The maximum Gasteiger partial charge on any atom is 0.223 e. The number of amides is 1. The molecule has 0 atom stereocenters. The number of carbonyl (C=O) groups is 1. The van der Waals surface area contributed by atoms with E-state index in [1.54, 1.807) is 6.92 Å². The van der Waals surface area contributed by atoms with Crippen LogP contribution in [-0.4, -0.2) is 12.5 Å². The van der Waals surface area contributed by atoms with E-state index < -0.39 is 0 Å². The largest absolute Gasteiger partial charge is 0.312 e. The van der Waals surface area contributed by atoms with E-state index >= 15 is 0 Å². The number of rotatable bonds is 1. The lowest BCUT2D eigenvalue weighted by Crippen LogP contribution is -2.25. The molecule has 0 fully saturated rings. The SMILES string of the molecule is CC(=O)N1CCc2ccc(C(C)C)cc21. The third kappa shape index (κ3) is 1.76. The van der Waals surface area contributed by atoms with Crippen molar-refractivity contribution in [1.29, 1.82) is 0 Å². The van der Waals surface area contributed by atoms with E-state index in [2.05, 4.69) is 32.0 Å². The minimum absolute atomic E-state index is 0.148. The summed E-state index contributed by atoms with van der Waals surface area (Å²) in [5.74, 6) is 0.666. The quantitative estimate of drug-likeness (QED) is 0.687. The first-order valence-electron chi connectivity index (χ1n) is 5.50. The molecule has 0 spiro atoms. The summed E-state index contributed by atoms with van der Waals surface area (Å²) in [5, 5.41) is 0. The van der Waals surface area contributed by atoms with Gasteiger partial charge in [0.2, 0.25) is 5.91 Å². The summed E-state index contributed by atoms with van der Waals surface area (Å²) < 4.78 is 0. The minimum atomic E-state index is 0.148. The van der Waals surface area contributed by atoms with Crippen LogP contribution in [0.2, 0.25) is 0 Å². The number of anilines is 1. The maximum absolute atomic E-state index is 11.4. The summed E-state index contributed by atoms with van der Waals surface area (Å²) in [7, 11) is 0. The standard InChI is InChI=1S/C13H17NO/c1-9(2)12-5-4-11-6-7-14(10(3)15)13(11)8-12/h4-5,8-9H,6-7H2,1-3H3. The van der Waals surface area contributed by atoms with Crippen LogP contribution < -0.4 is 4.90 Å². The molecule has 2 heteroatoms. The molecule has 1 aromatic carbocycles. The summed E-state index contributed by atoms with van der Waals surface area (Å²) in [6.45, 7) is 6.83. The molecule has 0 aliphatic carbocycles. The van der Waals surface area contributed by atoms with E-state index in [0.717, 1.165) is 18.7 Å². The van der Waals surface area contributed by atoms with Crippen LogP contribution in [0.25, 0.3) is 0 Å². The Morgan fingerprint density at radius 1 is 1.40 bits per heavy atom. The van der Waals surface area contributed by atoms with Crippen LogP contribution in [0, 0.1) is 0 Å². The monoisotopic (exact) mass is 203 g/mol. The molecule has 15 heavy (non-hydrogen) atoms. The van der Waals surface area contributed by atoms with Crippen LogP contribution in [0.5, 0.6) is 0 Å². The average Bonchev–Trinajstić information content (AvgIpc) is 2.59. The van der Waals surface area contributed by atoms with Crippen LogP contribution in [0.15, 0.2) is 18.2 Å². The third-order valence-electron chi connectivity index (χ3n) is 3.05. The highest BCUT2D eigenvalue weighted by atomic mass is 16.2. The second kappa shape index (κ2) is 3.69. The van der Waals surface area contributed by atoms with Crippen LogP contribution in [-0.2, 0) is 11.2 Å². The van der Waals surface area contributed by atoms with Crippen molar-refractivity contribution in [3.63, 3.8) is 0 Å². The molecule has 2 rings (SSSR count). The zero-order valence-corrected chi connectivity index (χ0v) is 9.58. The summed E-state index contributed by atoms with van der Waals surface area (Å²) >= 11 is 0. The smallest absolute Gasteiger partial charge is 0.223 e. The highest BCUT2D eigenvalue weighted by Gasteiger charge is 2.22. The molecule has 2 nitrogen and oxygen atoms in total. The van der Waals surface area contributed by atoms with Gasteiger partial charge in [-0.1, -0.05) is 26.0 Å². The topological polar surface area (TPSA) is 20.3 Å². The summed E-state index contributed by atoms with van der Waals surface area (Å²) in [6.07, 6.45) is 0.993. The molecule has 80 valence electrons. The van der Waals surface area contributed by atoms with Gasteiger partial charge in [0, 0.05) is 19.2 Å². The van der Waals surface area contributed by atoms with Gasteiger partial charge in [0.05, 0.1) is 0 Å².